The molecule has 1 aliphatic rings. The van der Waals surface area contributed by atoms with Gasteiger partial charge in [0.1, 0.15) is 0 Å². The van der Waals surface area contributed by atoms with Gasteiger partial charge in [0.05, 0.1) is 11.4 Å². The van der Waals surface area contributed by atoms with Crippen LogP contribution in [-0.4, -0.2) is 26.2 Å². The Kier molecular flexibility index (Phi) is 3.74. The standard InChI is InChI=1S/C18H23N3/c1-14-4-3-5-16(12-14)20-8-10-21(11-9-20)18-7-6-15(2)13-17(18)19/h3-7,12-13H,8-11,19H2,1-2H3. The predicted octanol–water partition coefficient (Wildman–Crippen LogP) is 3.21. The smallest absolute Gasteiger partial charge is 0.0601 e. The van der Waals surface area contributed by atoms with Crippen molar-refractivity contribution in [3.63, 3.8) is 0 Å². The van der Waals surface area contributed by atoms with E-state index in [1.165, 1.54) is 22.5 Å². The summed E-state index contributed by atoms with van der Waals surface area (Å²) in [5, 5.41) is 0. The maximum absolute atomic E-state index is 6.16. The number of benzene rings is 2. The lowest BCUT2D eigenvalue weighted by atomic mass is 10.1. The molecule has 3 nitrogen and oxygen atoms in total. The first-order valence-corrected chi connectivity index (χ1v) is 7.56. The van der Waals surface area contributed by atoms with Crippen LogP contribution in [-0.2, 0) is 0 Å². The van der Waals surface area contributed by atoms with E-state index in [1.54, 1.807) is 0 Å². The molecule has 0 aromatic heterocycles. The molecular formula is C18H23N3. The molecule has 3 rings (SSSR count). The molecule has 1 saturated heterocycles. The largest absolute Gasteiger partial charge is 0.397 e. The first-order valence-electron chi connectivity index (χ1n) is 7.56. The monoisotopic (exact) mass is 281 g/mol. The minimum absolute atomic E-state index is 0.888. The van der Waals surface area contributed by atoms with Crippen LogP contribution in [0.5, 0.6) is 0 Å². The number of hydrogen-bond donors (Lipinski definition) is 1. The molecule has 1 fully saturated rings. The molecule has 0 unspecified atom stereocenters. The summed E-state index contributed by atoms with van der Waals surface area (Å²) in [4.78, 5) is 4.84. The molecule has 21 heavy (non-hydrogen) atoms. The summed E-state index contributed by atoms with van der Waals surface area (Å²) in [6, 6.07) is 15.1. The predicted molar refractivity (Wildman–Crippen MR) is 91.2 cm³/mol. The molecule has 110 valence electrons. The second-order valence-corrected chi connectivity index (χ2v) is 5.88. The van der Waals surface area contributed by atoms with Gasteiger partial charge in [-0.05, 0) is 49.2 Å². The van der Waals surface area contributed by atoms with Crippen molar-refractivity contribution in [3.05, 3.63) is 53.6 Å². The van der Waals surface area contributed by atoms with Gasteiger partial charge in [-0.3, -0.25) is 0 Å². The summed E-state index contributed by atoms with van der Waals surface area (Å²) in [6.07, 6.45) is 0. The average Bonchev–Trinajstić information content (AvgIpc) is 2.47. The minimum Gasteiger partial charge on any atom is -0.397 e. The van der Waals surface area contributed by atoms with Gasteiger partial charge in [0, 0.05) is 31.9 Å². The van der Waals surface area contributed by atoms with Gasteiger partial charge < -0.3 is 15.5 Å². The number of anilines is 3. The molecule has 0 bridgehead atoms. The Morgan fingerprint density at radius 2 is 1.48 bits per heavy atom. The third-order valence-electron chi connectivity index (χ3n) is 4.17. The second-order valence-electron chi connectivity index (χ2n) is 5.88. The van der Waals surface area contributed by atoms with Gasteiger partial charge in [-0.25, -0.2) is 0 Å². The first kappa shape index (κ1) is 13.8. The molecular weight excluding hydrogens is 258 g/mol. The molecule has 0 spiro atoms. The third kappa shape index (κ3) is 2.97. The third-order valence-corrected chi connectivity index (χ3v) is 4.17. The minimum atomic E-state index is 0.888. The molecule has 0 amide bonds. The highest BCUT2D eigenvalue weighted by Gasteiger charge is 2.18. The van der Waals surface area contributed by atoms with Crippen molar-refractivity contribution in [2.45, 2.75) is 13.8 Å². The van der Waals surface area contributed by atoms with E-state index in [-0.39, 0.29) is 0 Å². The zero-order valence-electron chi connectivity index (χ0n) is 12.8. The van der Waals surface area contributed by atoms with Crippen molar-refractivity contribution >= 4 is 17.1 Å². The SMILES string of the molecule is Cc1cccc(N2CCN(c3ccc(C)cc3N)CC2)c1. The molecule has 1 aliphatic heterocycles. The zero-order valence-corrected chi connectivity index (χ0v) is 12.8. The molecule has 0 saturated carbocycles. The maximum atomic E-state index is 6.16. The normalized spacial score (nSPS) is 15.3. The van der Waals surface area contributed by atoms with E-state index in [9.17, 15) is 0 Å². The number of nitrogens with zero attached hydrogens (tertiary/aromatic N) is 2. The fourth-order valence-electron chi connectivity index (χ4n) is 2.99. The van der Waals surface area contributed by atoms with Crippen LogP contribution in [0.2, 0.25) is 0 Å². The van der Waals surface area contributed by atoms with Crippen LogP contribution < -0.4 is 15.5 Å². The molecule has 2 aromatic carbocycles. The number of nitrogens with two attached hydrogens (primary N) is 1. The van der Waals surface area contributed by atoms with Crippen molar-refractivity contribution in [1.82, 2.24) is 0 Å². The van der Waals surface area contributed by atoms with Crippen LogP contribution in [0.3, 0.4) is 0 Å². The van der Waals surface area contributed by atoms with Gasteiger partial charge in [0.15, 0.2) is 0 Å². The molecule has 0 aliphatic carbocycles. The Morgan fingerprint density at radius 3 is 2.14 bits per heavy atom. The van der Waals surface area contributed by atoms with Crippen molar-refractivity contribution in [1.29, 1.82) is 0 Å². The van der Waals surface area contributed by atoms with E-state index in [1.807, 2.05) is 0 Å². The Balaban J connectivity index is 1.70. The van der Waals surface area contributed by atoms with E-state index in [4.69, 9.17) is 5.73 Å². The molecule has 2 N–H and O–H groups in total. The molecule has 1 heterocycles. The van der Waals surface area contributed by atoms with Crippen LogP contribution in [0.25, 0.3) is 0 Å². The van der Waals surface area contributed by atoms with Crippen molar-refractivity contribution < 1.29 is 0 Å². The summed E-state index contributed by atoms with van der Waals surface area (Å²) in [7, 11) is 0. The van der Waals surface area contributed by atoms with Crippen molar-refractivity contribution in [2.75, 3.05) is 41.7 Å². The van der Waals surface area contributed by atoms with Crippen LogP contribution in [0.15, 0.2) is 42.5 Å². The lowest BCUT2D eigenvalue weighted by molar-refractivity contribution is 0.654. The fourth-order valence-corrected chi connectivity index (χ4v) is 2.99. The van der Waals surface area contributed by atoms with Gasteiger partial charge in [-0.15, -0.1) is 0 Å². The quantitative estimate of drug-likeness (QED) is 0.858. The average molecular weight is 281 g/mol. The van der Waals surface area contributed by atoms with E-state index in [2.05, 4.69) is 66.1 Å². The van der Waals surface area contributed by atoms with E-state index in [0.717, 1.165) is 31.9 Å². The number of nitrogen functional groups attached to an aromatic ring is 1. The summed E-state index contributed by atoms with van der Waals surface area (Å²) >= 11 is 0. The summed E-state index contributed by atoms with van der Waals surface area (Å²) < 4.78 is 0. The topological polar surface area (TPSA) is 32.5 Å². The summed E-state index contributed by atoms with van der Waals surface area (Å²) in [5.41, 5.74) is 12.1. The lowest BCUT2D eigenvalue weighted by Gasteiger charge is -2.38. The van der Waals surface area contributed by atoms with Crippen LogP contribution >= 0.6 is 0 Å². The fraction of sp³-hybridized carbons (Fsp3) is 0.333. The van der Waals surface area contributed by atoms with Gasteiger partial charge in [0.2, 0.25) is 0 Å². The van der Waals surface area contributed by atoms with Gasteiger partial charge in [-0.1, -0.05) is 18.2 Å². The number of hydrogen-bond acceptors (Lipinski definition) is 3. The highest BCUT2D eigenvalue weighted by molar-refractivity contribution is 5.69. The Morgan fingerprint density at radius 1 is 0.810 bits per heavy atom. The highest BCUT2D eigenvalue weighted by atomic mass is 15.3. The van der Waals surface area contributed by atoms with E-state index < -0.39 is 0 Å². The summed E-state index contributed by atoms with van der Waals surface area (Å²) in [5.74, 6) is 0. The maximum Gasteiger partial charge on any atom is 0.0601 e. The second kappa shape index (κ2) is 5.68. The molecule has 0 atom stereocenters. The first-order chi connectivity index (χ1) is 10.1. The van der Waals surface area contributed by atoms with Gasteiger partial charge >= 0.3 is 0 Å². The Labute approximate surface area is 127 Å². The van der Waals surface area contributed by atoms with Gasteiger partial charge in [-0.2, -0.15) is 0 Å². The Bertz CT molecular complexity index is 628. The van der Waals surface area contributed by atoms with Crippen LogP contribution in [0.4, 0.5) is 17.1 Å². The highest BCUT2D eigenvalue weighted by Crippen LogP contribution is 2.26. The van der Waals surface area contributed by atoms with Crippen molar-refractivity contribution in [3.8, 4) is 0 Å². The zero-order chi connectivity index (χ0) is 14.8. The number of aryl methyl sites for hydroxylation is 2. The molecule has 0 radical (unpaired) electrons. The van der Waals surface area contributed by atoms with E-state index >= 15 is 0 Å². The Hall–Kier alpha value is -2.16. The molecule has 2 aromatic rings. The summed E-state index contributed by atoms with van der Waals surface area (Å²) in [6.45, 7) is 8.33. The lowest BCUT2D eigenvalue weighted by Crippen LogP contribution is -2.46. The van der Waals surface area contributed by atoms with Crippen LogP contribution in [0, 0.1) is 13.8 Å². The van der Waals surface area contributed by atoms with E-state index in [0.29, 0.717) is 0 Å². The van der Waals surface area contributed by atoms with Crippen LogP contribution in [0.1, 0.15) is 11.1 Å². The molecule has 3 heteroatoms. The number of rotatable bonds is 2. The number of piperazine rings is 1. The van der Waals surface area contributed by atoms with Crippen molar-refractivity contribution in [2.24, 2.45) is 0 Å². The van der Waals surface area contributed by atoms with Gasteiger partial charge in [0.25, 0.3) is 0 Å².